The minimum atomic E-state index is -0.0729. The highest BCUT2D eigenvalue weighted by Gasteiger charge is 2.25. The predicted molar refractivity (Wildman–Crippen MR) is 89.1 cm³/mol. The number of carbonyl (C=O) groups excluding carboxylic acids is 2. The van der Waals surface area contributed by atoms with Crippen molar-refractivity contribution in [2.24, 2.45) is 0 Å². The van der Waals surface area contributed by atoms with Crippen LogP contribution in [0.4, 0.5) is 0 Å². The average Bonchev–Trinajstić information content (AvgIpc) is 3.23. The van der Waals surface area contributed by atoms with Gasteiger partial charge >= 0.3 is 4.87 Å². The molecule has 0 bridgehead atoms. The predicted octanol–water partition coefficient (Wildman–Crippen LogP) is 1.19. The molecule has 0 spiro atoms. The highest BCUT2D eigenvalue weighted by molar-refractivity contribution is 7.07. The Hall–Kier alpha value is -2.35. The molecule has 1 aliphatic rings. The molecule has 1 aliphatic heterocycles. The van der Waals surface area contributed by atoms with Crippen LogP contribution in [0.15, 0.2) is 33.2 Å². The molecule has 0 aliphatic carbocycles. The molecule has 2 aromatic heterocycles. The molecule has 8 heteroatoms. The Morgan fingerprint density at radius 2 is 1.92 bits per heavy atom. The summed E-state index contributed by atoms with van der Waals surface area (Å²) in [6.45, 7) is 4.31. The monoisotopic (exact) mass is 349 g/mol. The van der Waals surface area contributed by atoms with E-state index in [9.17, 15) is 14.4 Å². The van der Waals surface area contributed by atoms with Gasteiger partial charge in [-0.25, -0.2) is 0 Å². The van der Waals surface area contributed by atoms with Crippen molar-refractivity contribution >= 4 is 23.2 Å². The number of hydrogen-bond acceptors (Lipinski definition) is 5. The lowest BCUT2D eigenvalue weighted by Gasteiger charge is -2.34. The summed E-state index contributed by atoms with van der Waals surface area (Å²) >= 11 is 1.15. The number of nitrogens with zero attached hydrogens (tertiary/aromatic N) is 3. The topological polar surface area (TPSA) is 75.8 Å². The fraction of sp³-hybridized carbons (Fsp3) is 0.438. The van der Waals surface area contributed by atoms with Gasteiger partial charge in [0.1, 0.15) is 6.26 Å². The molecule has 0 saturated carbocycles. The fourth-order valence-electron chi connectivity index (χ4n) is 2.77. The van der Waals surface area contributed by atoms with Crippen LogP contribution in [0.2, 0.25) is 0 Å². The molecule has 2 amide bonds. The number of piperazine rings is 1. The zero-order valence-electron chi connectivity index (χ0n) is 13.4. The quantitative estimate of drug-likeness (QED) is 0.831. The lowest BCUT2D eigenvalue weighted by molar-refractivity contribution is -0.132. The maximum atomic E-state index is 12.3. The first kappa shape index (κ1) is 16.5. The van der Waals surface area contributed by atoms with Gasteiger partial charge in [0.15, 0.2) is 0 Å². The molecule has 3 heterocycles. The zero-order valence-corrected chi connectivity index (χ0v) is 14.3. The molecule has 3 rings (SSSR count). The molecular formula is C16H19N3O4S. The van der Waals surface area contributed by atoms with Gasteiger partial charge in [0.25, 0.3) is 5.91 Å². The first-order chi connectivity index (χ1) is 11.6. The van der Waals surface area contributed by atoms with E-state index < -0.39 is 0 Å². The van der Waals surface area contributed by atoms with Crippen LogP contribution in [0.3, 0.4) is 0 Å². The standard InChI is InChI=1S/C16H19N3O4S/c1-12-11-24-16(22)19(12)4-2-14(20)17-5-7-18(8-6-17)15(21)13-3-9-23-10-13/h3,9-11H,2,4-8H2,1H3. The lowest BCUT2D eigenvalue weighted by Crippen LogP contribution is -2.50. The number of rotatable bonds is 4. The summed E-state index contributed by atoms with van der Waals surface area (Å²) in [5.74, 6) is -0.0563. The van der Waals surface area contributed by atoms with Crippen molar-refractivity contribution in [2.75, 3.05) is 26.2 Å². The van der Waals surface area contributed by atoms with Crippen LogP contribution in [-0.4, -0.2) is 52.4 Å². The van der Waals surface area contributed by atoms with Crippen LogP contribution in [0.25, 0.3) is 0 Å². The molecule has 0 aromatic carbocycles. The molecule has 1 fully saturated rings. The number of thiazole rings is 1. The van der Waals surface area contributed by atoms with Gasteiger partial charge in [0, 0.05) is 50.2 Å². The smallest absolute Gasteiger partial charge is 0.307 e. The van der Waals surface area contributed by atoms with E-state index in [4.69, 9.17) is 4.42 Å². The van der Waals surface area contributed by atoms with Crippen molar-refractivity contribution in [1.29, 1.82) is 0 Å². The minimum absolute atomic E-state index is 0.0166. The molecule has 0 radical (unpaired) electrons. The largest absolute Gasteiger partial charge is 0.472 e. The Bertz CT molecular complexity index is 770. The van der Waals surface area contributed by atoms with Gasteiger partial charge in [-0.3, -0.25) is 14.4 Å². The van der Waals surface area contributed by atoms with E-state index in [1.54, 1.807) is 25.8 Å². The third kappa shape index (κ3) is 3.43. The van der Waals surface area contributed by atoms with Gasteiger partial charge < -0.3 is 18.8 Å². The molecule has 2 aromatic rings. The second-order valence-electron chi connectivity index (χ2n) is 5.73. The molecular weight excluding hydrogens is 330 g/mol. The SMILES string of the molecule is Cc1csc(=O)n1CCC(=O)N1CCN(C(=O)c2ccoc2)CC1. The Balaban J connectivity index is 1.50. The number of amides is 2. The molecule has 0 unspecified atom stereocenters. The summed E-state index contributed by atoms with van der Waals surface area (Å²) in [4.78, 5) is 39.6. The third-order valence-electron chi connectivity index (χ3n) is 4.21. The fourth-order valence-corrected chi connectivity index (χ4v) is 3.53. The summed E-state index contributed by atoms with van der Waals surface area (Å²) in [5.41, 5.74) is 1.41. The van der Waals surface area contributed by atoms with E-state index in [-0.39, 0.29) is 16.7 Å². The van der Waals surface area contributed by atoms with Crippen molar-refractivity contribution in [3.05, 3.63) is 44.9 Å². The minimum Gasteiger partial charge on any atom is -0.472 e. The van der Waals surface area contributed by atoms with Gasteiger partial charge in [-0.15, -0.1) is 0 Å². The van der Waals surface area contributed by atoms with Crippen molar-refractivity contribution in [3.63, 3.8) is 0 Å². The first-order valence-corrected chi connectivity index (χ1v) is 8.68. The second-order valence-corrected chi connectivity index (χ2v) is 6.55. The second kappa shape index (κ2) is 7.04. The molecule has 128 valence electrons. The van der Waals surface area contributed by atoms with Crippen LogP contribution in [0, 0.1) is 6.92 Å². The van der Waals surface area contributed by atoms with Crippen molar-refractivity contribution in [1.82, 2.24) is 14.4 Å². The van der Waals surface area contributed by atoms with Gasteiger partial charge in [0.05, 0.1) is 11.8 Å². The number of aryl methyl sites for hydroxylation is 1. The Labute approximate surface area is 143 Å². The van der Waals surface area contributed by atoms with Crippen LogP contribution >= 0.6 is 11.3 Å². The number of aromatic nitrogens is 1. The normalized spacial score (nSPS) is 14.9. The average molecular weight is 349 g/mol. The van der Waals surface area contributed by atoms with E-state index in [2.05, 4.69) is 0 Å². The number of carbonyl (C=O) groups is 2. The summed E-state index contributed by atoms with van der Waals surface area (Å²) in [6, 6.07) is 1.64. The van der Waals surface area contributed by atoms with Crippen molar-refractivity contribution in [2.45, 2.75) is 19.9 Å². The Morgan fingerprint density at radius 1 is 1.21 bits per heavy atom. The van der Waals surface area contributed by atoms with Gasteiger partial charge in [-0.05, 0) is 13.0 Å². The maximum absolute atomic E-state index is 12.3. The van der Waals surface area contributed by atoms with E-state index in [0.717, 1.165) is 17.0 Å². The van der Waals surface area contributed by atoms with Crippen LogP contribution in [0.1, 0.15) is 22.5 Å². The van der Waals surface area contributed by atoms with Crippen LogP contribution in [0.5, 0.6) is 0 Å². The van der Waals surface area contributed by atoms with Gasteiger partial charge in [-0.2, -0.15) is 0 Å². The number of furan rings is 1. The molecule has 24 heavy (non-hydrogen) atoms. The van der Waals surface area contributed by atoms with Gasteiger partial charge in [-0.1, -0.05) is 11.3 Å². The summed E-state index contributed by atoms with van der Waals surface area (Å²) in [5, 5.41) is 1.80. The summed E-state index contributed by atoms with van der Waals surface area (Å²) in [7, 11) is 0. The lowest BCUT2D eigenvalue weighted by atomic mass is 10.2. The van der Waals surface area contributed by atoms with E-state index in [0.29, 0.717) is 44.7 Å². The molecule has 1 saturated heterocycles. The summed E-state index contributed by atoms with van der Waals surface area (Å²) in [6.07, 6.45) is 3.20. The highest BCUT2D eigenvalue weighted by atomic mass is 32.1. The first-order valence-electron chi connectivity index (χ1n) is 7.80. The number of hydrogen-bond donors (Lipinski definition) is 0. The van der Waals surface area contributed by atoms with Crippen molar-refractivity contribution < 1.29 is 14.0 Å². The van der Waals surface area contributed by atoms with Crippen LogP contribution < -0.4 is 4.87 Å². The Morgan fingerprint density at radius 3 is 2.50 bits per heavy atom. The van der Waals surface area contributed by atoms with Crippen LogP contribution in [-0.2, 0) is 11.3 Å². The zero-order chi connectivity index (χ0) is 17.1. The highest BCUT2D eigenvalue weighted by Crippen LogP contribution is 2.10. The van der Waals surface area contributed by atoms with E-state index in [1.165, 1.54) is 12.5 Å². The molecule has 7 nitrogen and oxygen atoms in total. The maximum Gasteiger partial charge on any atom is 0.307 e. The molecule has 0 N–H and O–H groups in total. The molecule has 0 atom stereocenters. The van der Waals surface area contributed by atoms with E-state index in [1.807, 2.05) is 6.92 Å². The van der Waals surface area contributed by atoms with E-state index >= 15 is 0 Å². The Kier molecular flexibility index (Phi) is 4.84. The third-order valence-corrected chi connectivity index (χ3v) is 5.09. The summed E-state index contributed by atoms with van der Waals surface area (Å²) < 4.78 is 6.56. The van der Waals surface area contributed by atoms with Crippen molar-refractivity contribution in [3.8, 4) is 0 Å². The van der Waals surface area contributed by atoms with Gasteiger partial charge in [0.2, 0.25) is 5.91 Å².